The Kier molecular flexibility index (Phi) is 3.50. The summed E-state index contributed by atoms with van der Waals surface area (Å²) in [4.78, 5) is 24.9. The number of nitrogens with two attached hydrogens (primary N) is 1. The van der Waals surface area contributed by atoms with Gasteiger partial charge in [0.25, 0.3) is 5.91 Å². The number of amides is 1. The molecule has 5 heteroatoms. The van der Waals surface area contributed by atoms with Crippen LogP contribution in [0.25, 0.3) is 0 Å². The molecule has 1 unspecified atom stereocenters. The van der Waals surface area contributed by atoms with Gasteiger partial charge in [-0.25, -0.2) is 4.79 Å². The first kappa shape index (κ1) is 12.4. The molecule has 1 aliphatic rings. The van der Waals surface area contributed by atoms with Crippen LogP contribution < -0.4 is 5.73 Å². The van der Waals surface area contributed by atoms with Gasteiger partial charge in [0, 0.05) is 17.8 Å². The van der Waals surface area contributed by atoms with Crippen LogP contribution in [-0.2, 0) is 4.79 Å². The molecule has 0 aliphatic carbocycles. The molecule has 1 aromatic rings. The standard InChI is InChI=1S/C13H16N2O3/c14-10-5-3-4-9(8-10)12(16)15-7-2-1-6-11(15)13(17)18/h3-5,8,11H,1-2,6-7,14H2,(H,17,18). The Hall–Kier alpha value is -2.04. The predicted molar refractivity (Wildman–Crippen MR) is 67.2 cm³/mol. The van der Waals surface area contributed by atoms with Gasteiger partial charge in [-0.05, 0) is 37.5 Å². The molecule has 1 aromatic carbocycles. The molecular formula is C13H16N2O3. The summed E-state index contributed by atoms with van der Waals surface area (Å²) in [7, 11) is 0. The Morgan fingerprint density at radius 1 is 1.33 bits per heavy atom. The van der Waals surface area contributed by atoms with E-state index < -0.39 is 12.0 Å². The van der Waals surface area contributed by atoms with Crippen molar-refractivity contribution in [1.29, 1.82) is 0 Å². The van der Waals surface area contributed by atoms with Crippen LogP contribution >= 0.6 is 0 Å². The van der Waals surface area contributed by atoms with Crippen LogP contribution in [0, 0.1) is 0 Å². The highest BCUT2D eigenvalue weighted by Crippen LogP contribution is 2.20. The van der Waals surface area contributed by atoms with Gasteiger partial charge in [-0.2, -0.15) is 0 Å². The Morgan fingerprint density at radius 3 is 2.78 bits per heavy atom. The molecule has 1 fully saturated rings. The van der Waals surface area contributed by atoms with Crippen LogP contribution in [0.4, 0.5) is 5.69 Å². The number of aliphatic carboxylic acids is 1. The van der Waals surface area contributed by atoms with Crippen molar-refractivity contribution in [2.75, 3.05) is 12.3 Å². The summed E-state index contributed by atoms with van der Waals surface area (Å²) in [6, 6.07) is 5.92. The number of benzene rings is 1. The summed E-state index contributed by atoms with van der Waals surface area (Å²) < 4.78 is 0. The van der Waals surface area contributed by atoms with Crippen molar-refractivity contribution >= 4 is 17.6 Å². The van der Waals surface area contributed by atoms with Gasteiger partial charge < -0.3 is 15.7 Å². The molecule has 5 nitrogen and oxygen atoms in total. The lowest BCUT2D eigenvalue weighted by atomic mass is 10.0. The van der Waals surface area contributed by atoms with Gasteiger partial charge in [0.15, 0.2) is 0 Å². The maximum Gasteiger partial charge on any atom is 0.326 e. The SMILES string of the molecule is Nc1cccc(C(=O)N2CCCCC2C(=O)O)c1. The maximum atomic E-state index is 12.3. The molecular weight excluding hydrogens is 232 g/mol. The average Bonchev–Trinajstić information content (AvgIpc) is 2.38. The highest BCUT2D eigenvalue weighted by molar-refractivity contribution is 5.97. The smallest absolute Gasteiger partial charge is 0.326 e. The third-order valence-electron chi connectivity index (χ3n) is 3.18. The molecule has 1 saturated heterocycles. The first-order chi connectivity index (χ1) is 8.59. The summed E-state index contributed by atoms with van der Waals surface area (Å²) in [5.74, 6) is -1.19. The first-order valence-corrected chi connectivity index (χ1v) is 5.99. The zero-order valence-electron chi connectivity index (χ0n) is 10.0. The van der Waals surface area contributed by atoms with E-state index in [4.69, 9.17) is 10.8 Å². The summed E-state index contributed by atoms with van der Waals surface area (Å²) in [5.41, 5.74) is 6.59. The second-order valence-electron chi connectivity index (χ2n) is 4.47. The normalized spacial score (nSPS) is 19.6. The van der Waals surface area contributed by atoms with Crippen molar-refractivity contribution in [3.8, 4) is 0 Å². The van der Waals surface area contributed by atoms with Crippen LogP contribution in [0.2, 0.25) is 0 Å². The summed E-state index contributed by atoms with van der Waals surface area (Å²) in [5, 5.41) is 9.14. The number of carbonyl (C=O) groups excluding carboxylic acids is 1. The third kappa shape index (κ3) is 2.45. The Labute approximate surface area is 105 Å². The molecule has 0 aromatic heterocycles. The number of likely N-dealkylation sites (tertiary alicyclic amines) is 1. The molecule has 1 amide bonds. The predicted octanol–water partition coefficient (Wildman–Crippen LogP) is 1.35. The topological polar surface area (TPSA) is 83.6 Å². The summed E-state index contributed by atoms with van der Waals surface area (Å²) in [6.07, 6.45) is 2.21. The van der Waals surface area contributed by atoms with Gasteiger partial charge in [0.2, 0.25) is 0 Å². The number of nitrogens with zero attached hydrogens (tertiary/aromatic N) is 1. The number of hydrogen-bond donors (Lipinski definition) is 2. The van der Waals surface area contributed by atoms with E-state index in [1.165, 1.54) is 4.90 Å². The number of hydrogen-bond acceptors (Lipinski definition) is 3. The fraction of sp³-hybridized carbons (Fsp3) is 0.385. The minimum absolute atomic E-state index is 0.255. The zero-order valence-corrected chi connectivity index (χ0v) is 10.0. The van der Waals surface area contributed by atoms with Gasteiger partial charge >= 0.3 is 5.97 Å². The number of carbonyl (C=O) groups is 2. The van der Waals surface area contributed by atoms with E-state index in [1.54, 1.807) is 24.3 Å². The van der Waals surface area contributed by atoms with Gasteiger partial charge in [-0.15, -0.1) is 0 Å². The lowest BCUT2D eigenvalue weighted by Crippen LogP contribution is -2.47. The second-order valence-corrected chi connectivity index (χ2v) is 4.47. The van der Waals surface area contributed by atoms with E-state index in [0.717, 1.165) is 12.8 Å². The Bertz CT molecular complexity index is 473. The lowest BCUT2D eigenvalue weighted by Gasteiger charge is -2.33. The minimum Gasteiger partial charge on any atom is -0.480 e. The lowest BCUT2D eigenvalue weighted by molar-refractivity contribution is -0.143. The number of carboxylic acids is 1. The van der Waals surface area contributed by atoms with E-state index in [0.29, 0.717) is 24.2 Å². The molecule has 1 atom stereocenters. The van der Waals surface area contributed by atoms with E-state index >= 15 is 0 Å². The number of piperidine rings is 1. The largest absolute Gasteiger partial charge is 0.480 e. The highest BCUT2D eigenvalue weighted by atomic mass is 16.4. The minimum atomic E-state index is -0.938. The number of carboxylic acid groups (broad SMARTS) is 1. The fourth-order valence-electron chi connectivity index (χ4n) is 2.27. The highest BCUT2D eigenvalue weighted by Gasteiger charge is 2.32. The van der Waals surface area contributed by atoms with Crippen LogP contribution in [-0.4, -0.2) is 34.5 Å². The van der Waals surface area contributed by atoms with Crippen LogP contribution in [0.15, 0.2) is 24.3 Å². The van der Waals surface area contributed by atoms with E-state index in [9.17, 15) is 9.59 Å². The summed E-state index contributed by atoms with van der Waals surface area (Å²) in [6.45, 7) is 0.491. The van der Waals surface area contributed by atoms with Crippen molar-refractivity contribution in [3.05, 3.63) is 29.8 Å². The molecule has 0 radical (unpaired) electrons. The molecule has 0 bridgehead atoms. The molecule has 1 aliphatic heterocycles. The third-order valence-corrected chi connectivity index (χ3v) is 3.18. The second kappa shape index (κ2) is 5.08. The molecule has 1 heterocycles. The van der Waals surface area contributed by atoms with Gasteiger partial charge in [-0.3, -0.25) is 4.79 Å². The first-order valence-electron chi connectivity index (χ1n) is 5.99. The van der Waals surface area contributed by atoms with Crippen LogP contribution in [0.1, 0.15) is 29.6 Å². The monoisotopic (exact) mass is 248 g/mol. The molecule has 96 valence electrons. The van der Waals surface area contributed by atoms with Crippen molar-refractivity contribution in [2.24, 2.45) is 0 Å². The molecule has 0 spiro atoms. The van der Waals surface area contributed by atoms with Gasteiger partial charge in [0.05, 0.1) is 0 Å². The van der Waals surface area contributed by atoms with Crippen molar-refractivity contribution in [2.45, 2.75) is 25.3 Å². The quantitative estimate of drug-likeness (QED) is 0.774. The van der Waals surface area contributed by atoms with Crippen LogP contribution in [0.3, 0.4) is 0 Å². The zero-order chi connectivity index (χ0) is 13.1. The van der Waals surface area contributed by atoms with E-state index in [-0.39, 0.29) is 5.91 Å². The van der Waals surface area contributed by atoms with E-state index in [1.807, 2.05) is 0 Å². The van der Waals surface area contributed by atoms with Crippen LogP contribution in [0.5, 0.6) is 0 Å². The average molecular weight is 248 g/mol. The fourth-order valence-corrected chi connectivity index (χ4v) is 2.27. The molecule has 2 rings (SSSR count). The maximum absolute atomic E-state index is 12.3. The van der Waals surface area contributed by atoms with Crippen molar-refractivity contribution < 1.29 is 14.7 Å². The molecule has 3 N–H and O–H groups in total. The Morgan fingerprint density at radius 2 is 2.11 bits per heavy atom. The van der Waals surface area contributed by atoms with Gasteiger partial charge in [-0.1, -0.05) is 6.07 Å². The molecule has 18 heavy (non-hydrogen) atoms. The Balaban J connectivity index is 2.23. The number of rotatable bonds is 2. The van der Waals surface area contributed by atoms with Gasteiger partial charge in [0.1, 0.15) is 6.04 Å². The molecule has 0 saturated carbocycles. The summed E-state index contributed by atoms with van der Waals surface area (Å²) >= 11 is 0. The van der Waals surface area contributed by atoms with Crippen molar-refractivity contribution in [3.63, 3.8) is 0 Å². The number of anilines is 1. The van der Waals surface area contributed by atoms with Crippen molar-refractivity contribution in [1.82, 2.24) is 4.90 Å². The number of nitrogen functional groups attached to an aromatic ring is 1. The van der Waals surface area contributed by atoms with E-state index in [2.05, 4.69) is 0 Å².